The van der Waals surface area contributed by atoms with Crippen LogP contribution in [-0.2, 0) is 4.79 Å². The van der Waals surface area contributed by atoms with Gasteiger partial charge in [-0.2, -0.15) is 5.10 Å². The zero-order valence-corrected chi connectivity index (χ0v) is 13.3. The van der Waals surface area contributed by atoms with E-state index >= 15 is 0 Å². The standard InChI is InChI=1S/C16H22N4O2/c1-10(15-11(2)19-22-12(15)3)16(21)20-8-4-5-13(9-20)14-6-7-17-18-14/h6-7,10,13H,4-5,8-9H2,1-3H3,(H,17,18)/t10-,13+/m0/s1. The maximum atomic E-state index is 12.8. The highest BCUT2D eigenvalue weighted by Gasteiger charge is 2.31. The number of aromatic amines is 1. The third-order valence-corrected chi connectivity index (χ3v) is 4.59. The predicted molar refractivity (Wildman–Crippen MR) is 81.5 cm³/mol. The van der Waals surface area contributed by atoms with Crippen molar-refractivity contribution in [3.05, 3.63) is 35.0 Å². The summed E-state index contributed by atoms with van der Waals surface area (Å²) in [5.74, 6) is 1.02. The lowest BCUT2D eigenvalue weighted by molar-refractivity contribution is -0.133. The number of hydrogen-bond acceptors (Lipinski definition) is 4. The quantitative estimate of drug-likeness (QED) is 0.945. The fourth-order valence-corrected chi connectivity index (χ4v) is 3.43. The number of rotatable bonds is 3. The van der Waals surface area contributed by atoms with E-state index in [1.165, 1.54) is 0 Å². The van der Waals surface area contributed by atoms with Gasteiger partial charge in [-0.25, -0.2) is 0 Å². The molecule has 0 unspecified atom stereocenters. The Bertz CT molecular complexity index is 628. The van der Waals surface area contributed by atoms with Crippen LogP contribution in [-0.4, -0.2) is 39.3 Å². The molecule has 0 bridgehead atoms. The summed E-state index contributed by atoms with van der Waals surface area (Å²) >= 11 is 0. The van der Waals surface area contributed by atoms with Crippen molar-refractivity contribution in [1.82, 2.24) is 20.3 Å². The second-order valence-corrected chi connectivity index (χ2v) is 6.09. The molecule has 1 saturated heterocycles. The number of carbonyl (C=O) groups is 1. The number of hydrogen-bond donors (Lipinski definition) is 1. The van der Waals surface area contributed by atoms with Crippen molar-refractivity contribution in [3.8, 4) is 0 Å². The Morgan fingerprint density at radius 1 is 1.50 bits per heavy atom. The number of aryl methyl sites for hydroxylation is 2. The number of carbonyl (C=O) groups excluding carboxylic acids is 1. The molecule has 2 aromatic rings. The molecule has 6 heteroatoms. The van der Waals surface area contributed by atoms with Gasteiger partial charge in [-0.15, -0.1) is 0 Å². The van der Waals surface area contributed by atoms with Crippen molar-refractivity contribution >= 4 is 5.91 Å². The van der Waals surface area contributed by atoms with Crippen molar-refractivity contribution in [2.24, 2.45) is 0 Å². The average Bonchev–Trinajstić information content (AvgIpc) is 3.16. The van der Waals surface area contributed by atoms with Gasteiger partial charge in [0, 0.05) is 36.5 Å². The summed E-state index contributed by atoms with van der Waals surface area (Å²) in [5, 5.41) is 11.0. The molecule has 3 rings (SSSR count). The van der Waals surface area contributed by atoms with E-state index in [-0.39, 0.29) is 11.8 Å². The first-order valence-corrected chi connectivity index (χ1v) is 7.78. The van der Waals surface area contributed by atoms with Gasteiger partial charge in [0.1, 0.15) is 5.76 Å². The van der Waals surface area contributed by atoms with Gasteiger partial charge >= 0.3 is 0 Å². The molecule has 1 aliphatic heterocycles. The summed E-state index contributed by atoms with van der Waals surface area (Å²) in [6, 6.07) is 2.00. The van der Waals surface area contributed by atoms with E-state index in [1.54, 1.807) is 6.20 Å². The van der Waals surface area contributed by atoms with Crippen LogP contribution in [0.3, 0.4) is 0 Å². The lowest BCUT2D eigenvalue weighted by Crippen LogP contribution is -2.41. The van der Waals surface area contributed by atoms with Gasteiger partial charge in [0.25, 0.3) is 0 Å². The van der Waals surface area contributed by atoms with Crippen LogP contribution in [0.4, 0.5) is 0 Å². The molecule has 0 aliphatic carbocycles. The molecule has 0 spiro atoms. The molecule has 0 saturated carbocycles. The van der Waals surface area contributed by atoms with Crippen LogP contribution < -0.4 is 0 Å². The number of likely N-dealkylation sites (tertiary alicyclic amines) is 1. The van der Waals surface area contributed by atoms with Crippen LogP contribution in [0.15, 0.2) is 16.8 Å². The Hall–Kier alpha value is -2.11. The largest absolute Gasteiger partial charge is 0.361 e. The predicted octanol–water partition coefficient (Wildman–Crippen LogP) is 2.52. The highest BCUT2D eigenvalue weighted by Crippen LogP contribution is 2.30. The van der Waals surface area contributed by atoms with E-state index in [0.717, 1.165) is 48.6 Å². The van der Waals surface area contributed by atoms with E-state index in [2.05, 4.69) is 15.4 Å². The summed E-state index contributed by atoms with van der Waals surface area (Å²) in [7, 11) is 0. The van der Waals surface area contributed by atoms with Crippen molar-refractivity contribution in [2.75, 3.05) is 13.1 Å². The smallest absolute Gasteiger partial charge is 0.230 e. The molecule has 1 N–H and O–H groups in total. The molecular weight excluding hydrogens is 280 g/mol. The molecule has 1 amide bonds. The SMILES string of the molecule is Cc1noc(C)c1[C@H](C)C(=O)N1CCC[C@@H](c2ccn[nH]2)C1. The first kappa shape index (κ1) is 14.8. The molecule has 2 aromatic heterocycles. The minimum absolute atomic E-state index is 0.151. The molecule has 0 radical (unpaired) electrons. The normalized spacial score (nSPS) is 20.1. The van der Waals surface area contributed by atoms with Gasteiger partial charge in [0.2, 0.25) is 5.91 Å². The van der Waals surface area contributed by atoms with Crippen molar-refractivity contribution in [3.63, 3.8) is 0 Å². The molecule has 6 nitrogen and oxygen atoms in total. The number of amides is 1. The zero-order valence-electron chi connectivity index (χ0n) is 13.3. The first-order valence-electron chi connectivity index (χ1n) is 7.78. The Labute approximate surface area is 129 Å². The van der Waals surface area contributed by atoms with Crippen LogP contribution >= 0.6 is 0 Å². The van der Waals surface area contributed by atoms with Gasteiger partial charge in [0.15, 0.2) is 0 Å². The summed E-state index contributed by atoms with van der Waals surface area (Å²) in [5.41, 5.74) is 2.84. The van der Waals surface area contributed by atoms with E-state index in [9.17, 15) is 4.79 Å². The minimum Gasteiger partial charge on any atom is -0.361 e. The molecule has 22 heavy (non-hydrogen) atoms. The minimum atomic E-state index is -0.216. The summed E-state index contributed by atoms with van der Waals surface area (Å²) < 4.78 is 5.20. The van der Waals surface area contributed by atoms with Gasteiger partial charge in [-0.1, -0.05) is 5.16 Å². The monoisotopic (exact) mass is 302 g/mol. The van der Waals surface area contributed by atoms with Crippen LogP contribution in [0.2, 0.25) is 0 Å². The molecule has 0 aromatic carbocycles. The number of piperidine rings is 1. The Morgan fingerprint density at radius 2 is 2.32 bits per heavy atom. The summed E-state index contributed by atoms with van der Waals surface area (Å²) in [6.07, 6.45) is 3.87. The first-order chi connectivity index (χ1) is 10.6. The van der Waals surface area contributed by atoms with Gasteiger partial charge < -0.3 is 9.42 Å². The van der Waals surface area contributed by atoms with E-state index in [4.69, 9.17) is 4.52 Å². The molecular formula is C16H22N4O2. The van der Waals surface area contributed by atoms with E-state index in [1.807, 2.05) is 31.7 Å². The zero-order chi connectivity index (χ0) is 15.7. The number of H-pyrrole nitrogens is 1. The molecule has 3 heterocycles. The van der Waals surface area contributed by atoms with Crippen LogP contribution in [0.25, 0.3) is 0 Å². The Kier molecular flexibility index (Phi) is 4.00. The van der Waals surface area contributed by atoms with Gasteiger partial charge in [0.05, 0.1) is 11.6 Å². The third-order valence-electron chi connectivity index (χ3n) is 4.59. The van der Waals surface area contributed by atoms with Gasteiger partial charge in [-0.3, -0.25) is 9.89 Å². The second-order valence-electron chi connectivity index (χ2n) is 6.09. The highest BCUT2D eigenvalue weighted by atomic mass is 16.5. The number of aromatic nitrogens is 3. The third kappa shape index (κ3) is 2.65. The average molecular weight is 302 g/mol. The van der Waals surface area contributed by atoms with Gasteiger partial charge in [-0.05, 0) is 39.7 Å². The second kappa shape index (κ2) is 5.94. The summed E-state index contributed by atoms with van der Waals surface area (Å²) in [4.78, 5) is 14.8. The van der Waals surface area contributed by atoms with E-state index < -0.39 is 0 Å². The summed E-state index contributed by atoms with van der Waals surface area (Å²) in [6.45, 7) is 7.25. The topological polar surface area (TPSA) is 75.0 Å². The van der Waals surface area contributed by atoms with Crippen LogP contribution in [0.1, 0.15) is 54.3 Å². The molecule has 118 valence electrons. The van der Waals surface area contributed by atoms with Crippen LogP contribution in [0, 0.1) is 13.8 Å². The maximum Gasteiger partial charge on any atom is 0.230 e. The Morgan fingerprint density at radius 3 is 2.95 bits per heavy atom. The highest BCUT2D eigenvalue weighted by molar-refractivity contribution is 5.84. The number of nitrogens with zero attached hydrogens (tertiary/aromatic N) is 3. The van der Waals surface area contributed by atoms with Crippen LogP contribution in [0.5, 0.6) is 0 Å². The molecule has 1 fully saturated rings. The van der Waals surface area contributed by atoms with Crippen molar-refractivity contribution in [2.45, 2.75) is 45.4 Å². The molecule has 2 atom stereocenters. The maximum absolute atomic E-state index is 12.8. The lowest BCUT2D eigenvalue weighted by Gasteiger charge is -2.34. The van der Waals surface area contributed by atoms with Crippen molar-refractivity contribution in [1.29, 1.82) is 0 Å². The lowest BCUT2D eigenvalue weighted by atomic mass is 9.92. The van der Waals surface area contributed by atoms with E-state index in [0.29, 0.717) is 5.92 Å². The molecule has 1 aliphatic rings. The fourth-order valence-electron chi connectivity index (χ4n) is 3.43. The van der Waals surface area contributed by atoms with Crippen molar-refractivity contribution < 1.29 is 9.32 Å². The Balaban J connectivity index is 1.74. The fraction of sp³-hybridized carbons (Fsp3) is 0.562. The number of nitrogens with one attached hydrogen (secondary N) is 1.